The Morgan fingerprint density at radius 2 is 1.80 bits per heavy atom. The molecule has 0 aromatic carbocycles. The van der Waals surface area contributed by atoms with Gasteiger partial charge in [0.05, 0.1) is 38.6 Å². The van der Waals surface area contributed by atoms with Crippen LogP contribution in [0.25, 0.3) is 0 Å². The zero-order chi connectivity index (χ0) is 11.1. The van der Waals surface area contributed by atoms with Crippen LogP contribution in [0.4, 0.5) is 0 Å². The van der Waals surface area contributed by atoms with Crippen LogP contribution in [0, 0.1) is 0 Å². The van der Waals surface area contributed by atoms with Crippen molar-refractivity contribution in [1.29, 1.82) is 0 Å². The lowest BCUT2D eigenvalue weighted by Gasteiger charge is -2.29. The number of hydrogen-bond acceptors (Lipinski definition) is 5. The van der Waals surface area contributed by atoms with E-state index in [0.29, 0.717) is 26.4 Å². The number of ether oxygens (including phenoxy) is 3. The lowest BCUT2D eigenvalue weighted by Crippen LogP contribution is -2.46. The Hall–Kier alpha value is -0.200. The van der Waals surface area contributed by atoms with Crippen molar-refractivity contribution in [3.63, 3.8) is 0 Å². The topological polar surface area (TPSA) is 51.2 Å². The van der Waals surface area contributed by atoms with Crippen molar-refractivity contribution in [3.05, 3.63) is 0 Å². The second kappa shape index (κ2) is 7.14. The van der Waals surface area contributed by atoms with E-state index in [1.54, 1.807) is 14.2 Å². The van der Waals surface area contributed by atoms with Gasteiger partial charge in [0.25, 0.3) is 0 Å². The van der Waals surface area contributed by atoms with Crippen LogP contribution in [0.2, 0.25) is 0 Å². The van der Waals surface area contributed by atoms with Gasteiger partial charge in [-0.1, -0.05) is 0 Å². The second-order valence-electron chi connectivity index (χ2n) is 3.69. The number of hydrogen-bond donors (Lipinski definition) is 1. The summed E-state index contributed by atoms with van der Waals surface area (Å²) in [4.78, 5) is 2.16. The first kappa shape index (κ1) is 12.9. The van der Waals surface area contributed by atoms with Crippen molar-refractivity contribution < 1.29 is 19.3 Å². The molecule has 5 nitrogen and oxygen atoms in total. The molecule has 5 heteroatoms. The van der Waals surface area contributed by atoms with Crippen LogP contribution in [0.3, 0.4) is 0 Å². The van der Waals surface area contributed by atoms with E-state index in [1.165, 1.54) is 0 Å². The Morgan fingerprint density at radius 3 is 2.20 bits per heavy atom. The molecule has 1 aliphatic heterocycles. The number of aliphatic hydroxyl groups is 1. The third-order valence-corrected chi connectivity index (χ3v) is 2.66. The maximum Gasteiger partial charge on any atom is 0.0950 e. The van der Waals surface area contributed by atoms with Gasteiger partial charge in [0.15, 0.2) is 0 Å². The van der Waals surface area contributed by atoms with E-state index < -0.39 is 6.10 Å². The molecule has 1 aliphatic rings. The van der Waals surface area contributed by atoms with E-state index in [1.807, 2.05) is 0 Å². The highest BCUT2D eigenvalue weighted by molar-refractivity contribution is 4.83. The van der Waals surface area contributed by atoms with Crippen LogP contribution < -0.4 is 0 Å². The first-order chi connectivity index (χ1) is 7.29. The molecular weight excluding hydrogens is 198 g/mol. The summed E-state index contributed by atoms with van der Waals surface area (Å²) in [6, 6.07) is 0.0790. The minimum absolute atomic E-state index is 0.0790. The average molecular weight is 219 g/mol. The predicted octanol–water partition coefficient (Wildman–Crippen LogP) is -0.659. The summed E-state index contributed by atoms with van der Waals surface area (Å²) in [5, 5.41) is 9.71. The van der Waals surface area contributed by atoms with Crippen molar-refractivity contribution in [1.82, 2.24) is 4.90 Å². The largest absolute Gasteiger partial charge is 0.389 e. The van der Waals surface area contributed by atoms with Gasteiger partial charge in [-0.15, -0.1) is 0 Å². The van der Waals surface area contributed by atoms with Crippen molar-refractivity contribution in [2.75, 3.05) is 53.7 Å². The fourth-order valence-corrected chi connectivity index (χ4v) is 1.74. The summed E-state index contributed by atoms with van der Waals surface area (Å²) in [7, 11) is 3.35. The van der Waals surface area contributed by atoms with Gasteiger partial charge < -0.3 is 19.3 Å². The summed E-state index contributed by atoms with van der Waals surface area (Å²) in [5.74, 6) is 0. The molecule has 1 saturated heterocycles. The van der Waals surface area contributed by atoms with Crippen LogP contribution in [0.15, 0.2) is 0 Å². The highest BCUT2D eigenvalue weighted by Crippen LogP contribution is 2.12. The number of rotatable bonds is 7. The maximum atomic E-state index is 9.71. The molecular formula is C10H21NO4. The third kappa shape index (κ3) is 4.04. The Labute approximate surface area is 90.9 Å². The third-order valence-electron chi connectivity index (χ3n) is 2.66. The van der Waals surface area contributed by atoms with E-state index in [0.717, 1.165) is 13.1 Å². The van der Waals surface area contributed by atoms with Gasteiger partial charge in [0, 0.05) is 27.3 Å². The maximum absolute atomic E-state index is 9.71. The predicted molar refractivity (Wildman–Crippen MR) is 55.9 cm³/mol. The van der Waals surface area contributed by atoms with E-state index in [9.17, 15) is 5.11 Å². The number of methoxy groups -OCH3 is 2. The summed E-state index contributed by atoms with van der Waals surface area (Å²) >= 11 is 0. The average Bonchev–Trinajstić information content (AvgIpc) is 2.65. The zero-order valence-electron chi connectivity index (χ0n) is 9.52. The second-order valence-corrected chi connectivity index (χ2v) is 3.69. The van der Waals surface area contributed by atoms with E-state index in [4.69, 9.17) is 14.2 Å². The monoisotopic (exact) mass is 219 g/mol. The Kier molecular flexibility index (Phi) is 6.12. The minimum Gasteiger partial charge on any atom is -0.389 e. The first-order valence-corrected chi connectivity index (χ1v) is 5.27. The minimum atomic E-state index is -0.390. The van der Waals surface area contributed by atoms with Crippen LogP contribution in [-0.4, -0.2) is 75.9 Å². The molecule has 0 spiro atoms. The van der Waals surface area contributed by atoms with Crippen molar-refractivity contribution >= 4 is 0 Å². The Bertz CT molecular complexity index is 160. The lowest BCUT2D eigenvalue weighted by molar-refractivity contribution is 0.0444. The Balaban J connectivity index is 2.38. The fourth-order valence-electron chi connectivity index (χ4n) is 1.74. The molecule has 0 radical (unpaired) electrons. The Morgan fingerprint density at radius 1 is 1.20 bits per heavy atom. The molecule has 1 N–H and O–H groups in total. The molecule has 0 aromatic rings. The van der Waals surface area contributed by atoms with E-state index >= 15 is 0 Å². The zero-order valence-corrected chi connectivity index (χ0v) is 9.52. The fraction of sp³-hybridized carbons (Fsp3) is 1.00. The number of nitrogens with zero attached hydrogens (tertiary/aromatic N) is 1. The molecule has 0 amide bonds. The molecule has 0 aromatic heterocycles. The molecule has 1 rings (SSSR count). The quantitative estimate of drug-likeness (QED) is 0.616. The molecule has 90 valence electrons. The molecule has 0 bridgehead atoms. The van der Waals surface area contributed by atoms with Gasteiger partial charge in [-0.2, -0.15) is 0 Å². The normalized spacial score (nSPS) is 26.4. The van der Waals surface area contributed by atoms with Crippen molar-refractivity contribution in [3.8, 4) is 0 Å². The van der Waals surface area contributed by atoms with Gasteiger partial charge in [-0.05, 0) is 0 Å². The lowest BCUT2D eigenvalue weighted by atomic mass is 10.2. The molecule has 1 fully saturated rings. The molecule has 2 atom stereocenters. The molecule has 0 unspecified atom stereocenters. The van der Waals surface area contributed by atoms with Crippen LogP contribution in [0.1, 0.15) is 0 Å². The van der Waals surface area contributed by atoms with Gasteiger partial charge >= 0.3 is 0 Å². The summed E-state index contributed by atoms with van der Waals surface area (Å²) in [5.41, 5.74) is 0. The SMILES string of the molecule is COCCN(CCOC)[C@@H]1COC[C@H]1O. The molecule has 1 heterocycles. The number of aliphatic hydroxyl groups excluding tert-OH is 1. The standard InChI is InChI=1S/C10H21NO4/c1-13-5-3-11(4-6-14-2)9-7-15-8-10(9)12/h9-10,12H,3-8H2,1-2H3/t9-,10-/m1/s1. The van der Waals surface area contributed by atoms with Crippen molar-refractivity contribution in [2.24, 2.45) is 0 Å². The highest BCUT2D eigenvalue weighted by Gasteiger charge is 2.31. The summed E-state index contributed by atoms with van der Waals surface area (Å²) in [6.45, 7) is 3.94. The molecule has 0 aliphatic carbocycles. The molecule has 0 saturated carbocycles. The van der Waals surface area contributed by atoms with Crippen LogP contribution in [-0.2, 0) is 14.2 Å². The van der Waals surface area contributed by atoms with Crippen LogP contribution >= 0.6 is 0 Å². The summed E-state index contributed by atoms with van der Waals surface area (Å²) in [6.07, 6.45) is -0.390. The van der Waals surface area contributed by atoms with Crippen molar-refractivity contribution in [2.45, 2.75) is 12.1 Å². The summed E-state index contributed by atoms with van der Waals surface area (Å²) < 4.78 is 15.3. The van der Waals surface area contributed by atoms with Gasteiger partial charge in [-0.3, -0.25) is 4.90 Å². The smallest absolute Gasteiger partial charge is 0.0950 e. The van der Waals surface area contributed by atoms with E-state index in [2.05, 4.69) is 4.90 Å². The van der Waals surface area contributed by atoms with Gasteiger partial charge in [-0.25, -0.2) is 0 Å². The van der Waals surface area contributed by atoms with Gasteiger partial charge in [0.2, 0.25) is 0 Å². The highest BCUT2D eigenvalue weighted by atomic mass is 16.5. The van der Waals surface area contributed by atoms with Crippen LogP contribution in [0.5, 0.6) is 0 Å². The van der Waals surface area contributed by atoms with Gasteiger partial charge in [0.1, 0.15) is 0 Å². The molecule has 15 heavy (non-hydrogen) atoms. The van der Waals surface area contributed by atoms with E-state index in [-0.39, 0.29) is 6.04 Å². The first-order valence-electron chi connectivity index (χ1n) is 5.27.